The van der Waals surface area contributed by atoms with Crippen LogP contribution in [0.3, 0.4) is 0 Å². The van der Waals surface area contributed by atoms with Crippen LogP contribution in [-0.4, -0.2) is 16.8 Å². The topological polar surface area (TPSA) is 91.2 Å². The summed E-state index contributed by atoms with van der Waals surface area (Å²) in [5.41, 5.74) is 15.6. The fraction of sp³-hybridized carbons (Fsp3) is 0.0952. The number of carbonyl (C=O) groups excluding carboxylic acids is 2. The molecule has 7 rings (SSSR count). The van der Waals surface area contributed by atoms with Gasteiger partial charge in [-0.15, -0.1) is 0 Å². The Kier molecular flexibility index (Phi) is 8.64. The summed E-state index contributed by atoms with van der Waals surface area (Å²) in [4.78, 5) is 31.2. The number of amides is 2. The number of hydrogen-bond acceptors (Lipinski definition) is 3. The van der Waals surface area contributed by atoms with Crippen LogP contribution in [-0.2, 0) is 24.3 Å². The average molecular weight is 647 g/mol. The second kappa shape index (κ2) is 13.5. The molecular weight excluding hydrogens is 611 g/mol. The van der Waals surface area contributed by atoms with E-state index in [9.17, 15) is 14.0 Å². The van der Waals surface area contributed by atoms with Crippen molar-refractivity contribution in [3.05, 3.63) is 167 Å². The van der Waals surface area contributed by atoms with Gasteiger partial charge in [-0.1, -0.05) is 91.0 Å². The molecule has 0 saturated carbocycles. The van der Waals surface area contributed by atoms with E-state index < -0.39 is 11.7 Å². The maximum absolute atomic E-state index is 13.5. The third kappa shape index (κ3) is 6.64. The molecule has 7 aromatic rings. The van der Waals surface area contributed by atoms with Gasteiger partial charge in [-0.3, -0.25) is 9.59 Å². The Bertz CT molecular complexity index is 2260. The van der Waals surface area contributed by atoms with Gasteiger partial charge in [0, 0.05) is 46.3 Å². The van der Waals surface area contributed by atoms with Gasteiger partial charge in [0.25, 0.3) is 5.91 Å². The van der Waals surface area contributed by atoms with Gasteiger partial charge in [0.1, 0.15) is 5.82 Å². The Hall–Kier alpha value is -6.21. The number of rotatable bonds is 10. The van der Waals surface area contributed by atoms with Crippen LogP contribution in [0, 0.1) is 12.7 Å². The van der Waals surface area contributed by atoms with E-state index in [0.29, 0.717) is 11.3 Å². The summed E-state index contributed by atoms with van der Waals surface area (Å²) in [6.07, 6.45) is 0.0946. The van der Waals surface area contributed by atoms with Crippen molar-refractivity contribution in [2.45, 2.75) is 26.4 Å². The summed E-state index contributed by atoms with van der Waals surface area (Å²) in [5.74, 6) is -1.13. The molecule has 49 heavy (non-hydrogen) atoms. The number of aromatic nitrogens is 1. The number of H-pyrrole nitrogens is 1. The lowest BCUT2D eigenvalue weighted by atomic mass is 9.92. The third-order valence-corrected chi connectivity index (χ3v) is 8.96. The van der Waals surface area contributed by atoms with E-state index in [1.807, 2.05) is 49.4 Å². The van der Waals surface area contributed by atoms with Crippen molar-refractivity contribution in [3.63, 3.8) is 0 Å². The number of benzene rings is 6. The smallest absolute Gasteiger partial charge is 0.255 e. The van der Waals surface area contributed by atoms with Gasteiger partial charge in [-0.2, -0.15) is 0 Å². The molecule has 0 atom stereocenters. The highest BCUT2D eigenvalue weighted by atomic mass is 19.1. The van der Waals surface area contributed by atoms with Crippen LogP contribution in [0.1, 0.15) is 32.6 Å². The lowest BCUT2D eigenvalue weighted by molar-refractivity contribution is -0.117. The van der Waals surface area contributed by atoms with E-state index >= 15 is 0 Å². The first-order chi connectivity index (χ1) is 23.8. The van der Waals surface area contributed by atoms with Crippen LogP contribution < -0.4 is 16.0 Å². The van der Waals surface area contributed by atoms with Crippen molar-refractivity contribution in [2.75, 3.05) is 10.2 Å². The molecule has 0 aliphatic heterocycles. The molecule has 0 fully saturated rings. The highest BCUT2D eigenvalue weighted by Gasteiger charge is 2.19. The molecule has 6 aromatic carbocycles. The van der Waals surface area contributed by atoms with E-state index in [-0.39, 0.29) is 12.3 Å². The van der Waals surface area contributed by atoms with E-state index in [1.54, 1.807) is 0 Å². The molecule has 2 amide bonds. The molecule has 0 aliphatic carbocycles. The standard InChI is InChI=1S/C42H35FN4O2/c1-27-34(13-8-14-37(27)46-42(49)30-15-18-32(43)19-16-30)35-21-17-31(23-39(44)48)41-40(35)36-22-20-33(24-38(36)45-41)47(25-28-9-4-2-5-10-28)26-29-11-6-3-7-12-29/h2-22,24,45H,23,25-26H2,1H3,(H2,44,48)(H,46,49). The fourth-order valence-corrected chi connectivity index (χ4v) is 6.52. The summed E-state index contributed by atoms with van der Waals surface area (Å²) < 4.78 is 13.5. The van der Waals surface area contributed by atoms with E-state index in [1.165, 1.54) is 35.4 Å². The van der Waals surface area contributed by atoms with Gasteiger partial charge in [0.2, 0.25) is 5.91 Å². The fourth-order valence-electron chi connectivity index (χ4n) is 6.52. The van der Waals surface area contributed by atoms with Crippen LogP contribution in [0.4, 0.5) is 15.8 Å². The molecule has 7 heteroatoms. The van der Waals surface area contributed by atoms with Gasteiger partial charge in [-0.25, -0.2) is 4.39 Å². The quantitative estimate of drug-likeness (QED) is 0.139. The van der Waals surface area contributed by atoms with E-state index in [2.05, 4.69) is 81.9 Å². The van der Waals surface area contributed by atoms with Crippen molar-refractivity contribution in [3.8, 4) is 11.1 Å². The molecule has 4 N–H and O–H groups in total. The van der Waals surface area contributed by atoms with E-state index in [4.69, 9.17) is 5.73 Å². The average Bonchev–Trinajstić information content (AvgIpc) is 3.50. The highest BCUT2D eigenvalue weighted by Crippen LogP contribution is 2.40. The molecule has 0 radical (unpaired) electrons. The zero-order chi connectivity index (χ0) is 33.9. The summed E-state index contributed by atoms with van der Waals surface area (Å²) >= 11 is 0. The highest BCUT2D eigenvalue weighted by molar-refractivity contribution is 6.16. The van der Waals surface area contributed by atoms with Gasteiger partial charge >= 0.3 is 0 Å². The van der Waals surface area contributed by atoms with Gasteiger partial charge < -0.3 is 20.9 Å². The molecule has 0 unspecified atom stereocenters. The Morgan fingerprint density at radius 3 is 2.08 bits per heavy atom. The van der Waals surface area contributed by atoms with Crippen molar-refractivity contribution >= 4 is 45.0 Å². The minimum atomic E-state index is -0.410. The van der Waals surface area contributed by atoms with Crippen LogP contribution in [0.25, 0.3) is 32.9 Å². The molecule has 1 aromatic heterocycles. The molecule has 0 spiro atoms. The number of nitrogens with two attached hydrogens (primary N) is 1. The SMILES string of the molecule is Cc1c(NC(=O)c2ccc(F)cc2)cccc1-c1ccc(CC(N)=O)c2[nH]c3cc(N(Cc4ccccc4)Cc4ccccc4)ccc3c12. The molecule has 0 bridgehead atoms. The number of anilines is 2. The minimum absolute atomic E-state index is 0.0946. The van der Waals surface area contributed by atoms with Gasteiger partial charge in [0.05, 0.1) is 11.9 Å². The maximum Gasteiger partial charge on any atom is 0.255 e. The van der Waals surface area contributed by atoms with Crippen LogP contribution >= 0.6 is 0 Å². The number of fused-ring (bicyclic) bond motifs is 3. The van der Waals surface area contributed by atoms with E-state index in [0.717, 1.165) is 62.8 Å². The maximum atomic E-state index is 13.5. The van der Waals surface area contributed by atoms with Crippen molar-refractivity contribution in [1.82, 2.24) is 4.98 Å². The zero-order valence-electron chi connectivity index (χ0n) is 27.0. The Morgan fingerprint density at radius 2 is 1.43 bits per heavy atom. The van der Waals surface area contributed by atoms with Crippen LogP contribution in [0.15, 0.2) is 133 Å². The van der Waals surface area contributed by atoms with Crippen LogP contribution in [0.5, 0.6) is 0 Å². The largest absolute Gasteiger partial charge is 0.369 e. The number of primary amides is 1. The predicted molar refractivity (Wildman–Crippen MR) is 196 cm³/mol. The first-order valence-electron chi connectivity index (χ1n) is 16.2. The van der Waals surface area contributed by atoms with Gasteiger partial charge in [0.15, 0.2) is 0 Å². The third-order valence-electron chi connectivity index (χ3n) is 8.96. The number of hydrogen-bond donors (Lipinski definition) is 3. The lowest BCUT2D eigenvalue weighted by Gasteiger charge is -2.25. The molecule has 1 heterocycles. The molecule has 0 saturated heterocycles. The number of carbonyl (C=O) groups is 2. The lowest BCUT2D eigenvalue weighted by Crippen LogP contribution is -2.22. The first kappa shape index (κ1) is 31.4. The molecular formula is C42H35FN4O2. The Labute approximate surface area is 284 Å². The van der Waals surface area contributed by atoms with Gasteiger partial charge in [-0.05, 0) is 82.8 Å². The number of aromatic amines is 1. The van der Waals surface area contributed by atoms with Crippen molar-refractivity contribution in [2.24, 2.45) is 5.73 Å². The normalized spacial score (nSPS) is 11.1. The molecule has 6 nitrogen and oxygen atoms in total. The number of nitrogens with one attached hydrogen (secondary N) is 2. The van der Waals surface area contributed by atoms with Crippen molar-refractivity contribution < 1.29 is 14.0 Å². The first-order valence-corrected chi connectivity index (χ1v) is 16.2. The number of halogens is 1. The predicted octanol–water partition coefficient (Wildman–Crippen LogP) is 8.92. The molecule has 0 aliphatic rings. The summed E-state index contributed by atoms with van der Waals surface area (Å²) in [6.45, 7) is 3.43. The molecule has 242 valence electrons. The zero-order valence-corrected chi connectivity index (χ0v) is 27.0. The second-order valence-electron chi connectivity index (χ2n) is 12.3. The van der Waals surface area contributed by atoms with Crippen LogP contribution in [0.2, 0.25) is 0 Å². The number of nitrogens with zero attached hydrogens (tertiary/aromatic N) is 1. The Balaban J connectivity index is 1.33. The summed E-state index contributed by atoms with van der Waals surface area (Å²) in [5, 5.41) is 4.99. The second-order valence-corrected chi connectivity index (χ2v) is 12.3. The monoisotopic (exact) mass is 646 g/mol. The Morgan fingerprint density at radius 1 is 0.755 bits per heavy atom. The minimum Gasteiger partial charge on any atom is -0.369 e. The summed E-state index contributed by atoms with van der Waals surface area (Å²) in [7, 11) is 0. The summed E-state index contributed by atoms with van der Waals surface area (Å²) in [6, 6.07) is 42.5. The van der Waals surface area contributed by atoms with Crippen molar-refractivity contribution in [1.29, 1.82) is 0 Å².